The third-order valence-corrected chi connectivity index (χ3v) is 16.4. The average Bonchev–Trinajstić information content (AvgIpc) is 4.32. The monoisotopic (exact) mass is 996 g/mol. The molecule has 0 bridgehead atoms. The van der Waals surface area contributed by atoms with Crippen LogP contribution in [0.15, 0.2) is 231 Å². The quantitative estimate of drug-likeness (QED) is 0.152. The minimum atomic E-state index is 0.606. The molecule has 0 aliphatic carbocycles. The molecular weight excluding hydrogens is 949 g/mol. The second-order valence-electron chi connectivity index (χ2n) is 20.3. The molecule has 6 nitrogen and oxygen atoms in total. The third-order valence-electron chi connectivity index (χ3n) is 16.4. The van der Waals surface area contributed by atoms with Crippen LogP contribution in [-0.2, 0) is 12.8 Å². The Hall–Kier alpha value is -10.4. The molecule has 0 fully saturated rings. The maximum atomic E-state index is 10.3. The largest absolute Gasteiger partial charge is 0.309 e. The highest BCUT2D eigenvalue weighted by Gasteiger charge is 2.32. The minimum Gasteiger partial charge on any atom is -0.309 e. The van der Waals surface area contributed by atoms with Crippen LogP contribution in [0.2, 0.25) is 0 Å². The van der Waals surface area contributed by atoms with Crippen LogP contribution in [-0.4, -0.2) is 18.3 Å². The molecule has 0 amide bonds. The van der Waals surface area contributed by atoms with Crippen molar-refractivity contribution in [2.75, 3.05) is 0 Å². The summed E-state index contributed by atoms with van der Waals surface area (Å²) in [5.74, 6) is 0. The number of nitrogens with zero attached hydrogens (tertiary/aromatic N) is 6. The van der Waals surface area contributed by atoms with E-state index in [2.05, 4.69) is 251 Å². The summed E-state index contributed by atoms with van der Waals surface area (Å²) < 4.78 is 10.1. The number of para-hydroxylation sites is 6. The van der Waals surface area contributed by atoms with Crippen molar-refractivity contribution in [2.45, 2.75) is 26.7 Å². The lowest BCUT2D eigenvalue weighted by molar-refractivity contribution is 1.01. The zero-order valence-electron chi connectivity index (χ0n) is 43.0. The first-order valence-electron chi connectivity index (χ1n) is 26.8. The first-order chi connectivity index (χ1) is 38.6. The summed E-state index contributed by atoms with van der Waals surface area (Å²) >= 11 is 0. The summed E-state index contributed by atoms with van der Waals surface area (Å²) in [5, 5.41) is 29.9. The number of hydrogen-bond donors (Lipinski definition) is 0. The third kappa shape index (κ3) is 6.35. The summed E-state index contributed by atoms with van der Waals surface area (Å²) in [4.78, 5) is 0. The number of benzene rings is 11. The fourth-order valence-corrected chi connectivity index (χ4v) is 13.2. The van der Waals surface area contributed by atoms with Gasteiger partial charge in [-0.3, -0.25) is 0 Å². The van der Waals surface area contributed by atoms with E-state index in [1.807, 2.05) is 24.3 Å². The smallest absolute Gasteiger partial charge is 0.0991 e. The van der Waals surface area contributed by atoms with Gasteiger partial charge in [0.2, 0.25) is 0 Å². The van der Waals surface area contributed by atoms with Crippen molar-refractivity contribution in [2.24, 2.45) is 0 Å². The molecule has 0 radical (unpaired) electrons. The van der Waals surface area contributed by atoms with Crippen molar-refractivity contribution in [3.8, 4) is 57.1 Å². The lowest BCUT2D eigenvalue weighted by atomic mass is 9.83. The Morgan fingerprint density at radius 1 is 0.308 bits per heavy atom. The highest BCUT2D eigenvalue weighted by atomic mass is 15.1. The van der Waals surface area contributed by atoms with E-state index in [0.29, 0.717) is 24.0 Å². The van der Waals surface area contributed by atoms with Crippen LogP contribution in [0.5, 0.6) is 0 Å². The van der Waals surface area contributed by atoms with Gasteiger partial charge in [0.1, 0.15) is 0 Å². The predicted octanol–water partition coefficient (Wildman–Crippen LogP) is 18.3. The molecule has 0 saturated carbocycles. The highest BCUT2D eigenvalue weighted by molar-refractivity contribution is 6.28. The van der Waals surface area contributed by atoms with Gasteiger partial charge in [-0.2, -0.15) is 10.5 Å². The molecule has 11 aromatic carbocycles. The Bertz CT molecular complexity index is 4720. The van der Waals surface area contributed by atoms with Gasteiger partial charge in [-0.1, -0.05) is 159 Å². The van der Waals surface area contributed by atoms with E-state index in [4.69, 9.17) is 0 Å². The van der Waals surface area contributed by atoms with Gasteiger partial charge >= 0.3 is 0 Å². The first-order valence-corrected chi connectivity index (χ1v) is 26.8. The molecule has 366 valence electrons. The zero-order chi connectivity index (χ0) is 52.2. The summed E-state index contributed by atoms with van der Waals surface area (Å²) in [5.41, 5.74) is 21.3. The zero-order valence-corrected chi connectivity index (χ0v) is 43.0. The van der Waals surface area contributed by atoms with E-state index in [1.165, 1.54) is 54.2 Å². The van der Waals surface area contributed by atoms with Crippen LogP contribution in [0.25, 0.3) is 132 Å². The van der Waals surface area contributed by atoms with Gasteiger partial charge in [0, 0.05) is 71.2 Å². The lowest BCUT2D eigenvalue weighted by Crippen LogP contribution is -2.13. The summed E-state index contributed by atoms with van der Waals surface area (Å²) in [6.45, 7) is 4.60. The number of nitriles is 2. The molecule has 0 aliphatic heterocycles. The van der Waals surface area contributed by atoms with Crippen LogP contribution < -0.4 is 0 Å². The number of hydrogen-bond acceptors (Lipinski definition) is 2. The van der Waals surface area contributed by atoms with E-state index in [1.54, 1.807) is 0 Å². The minimum absolute atomic E-state index is 0.606. The Morgan fingerprint density at radius 2 is 0.654 bits per heavy atom. The fraction of sp³-hybridized carbons (Fsp3) is 0.0556. The second kappa shape index (κ2) is 17.6. The van der Waals surface area contributed by atoms with Crippen molar-refractivity contribution in [3.05, 3.63) is 253 Å². The number of fused-ring (bicyclic) bond motifs is 14. The number of aromatic nitrogens is 4. The second-order valence-corrected chi connectivity index (χ2v) is 20.3. The molecule has 78 heavy (non-hydrogen) atoms. The SMILES string of the molecule is CCc1c(-c2ccc(C#N)cc2)c(-n2c3ccccc3c3ccc4c(c5ccccc5n4-c4ccccc4)c32)c(CC)c(-n2c3ccccc3c3ccc4c(c5ccccc5n4-c4ccccc4)c32)c1-c1ccc(C#N)cc1. The lowest BCUT2D eigenvalue weighted by Gasteiger charge is -2.29. The molecule has 0 spiro atoms. The van der Waals surface area contributed by atoms with Gasteiger partial charge < -0.3 is 18.3 Å². The molecule has 15 aromatic rings. The normalized spacial score (nSPS) is 11.8. The van der Waals surface area contributed by atoms with Gasteiger partial charge in [0.15, 0.2) is 0 Å². The van der Waals surface area contributed by atoms with E-state index >= 15 is 0 Å². The molecule has 0 aliphatic rings. The van der Waals surface area contributed by atoms with Crippen molar-refractivity contribution in [1.82, 2.24) is 18.3 Å². The van der Waals surface area contributed by atoms with E-state index in [0.717, 1.165) is 89.1 Å². The number of rotatable bonds is 8. The molecule has 15 rings (SSSR count). The molecule has 4 heterocycles. The molecule has 0 saturated heterocycles. The Balaban J connectivity index is 1.22. The van der Waals surface area contributed by atoms with E-state index < -0.39 is 0 Å². The van der Waals surface area contributed by atoms with Crippen LogP contribution in [0, 0.1) is 22.7 Å². The molecular formula is C72H48N6. The fourth-order valence-electron chi connectivity index (χ4n) is 13.2. The summed E-state index contributed by atoms with van der Waals surface area (Å²) in [6, 6.07) is 87.5. The maximum Gasteiger partial charge on any atom is 0.0991 e. The maximum absolute atomic E-state index is 10.3. The van der Waals surface area contributed by atoms with Gasteiger partial charge in [0.25, 0.3) is 0 Å². The molecule has 0 unspecified atom stereocenters. The molecule has 6 heteroatoms. The topological polar surface area (TPSA) is 67.3 Å². The Kier molecular flexibility index (Phi) is 10.2. The van der Waals surface area contributed by atoms with Gasteiger partial charge in [-0.15, -0.1) is 0 Å². The Morgan fingerprint density at radius 3 is 1.03 bits per heavy atom. The molecule has 0 atom stereocenters. The van der Waals surface area contributed by atoms with Crippen molar-refractivity contribution < 1.29 is 0 Å². The predicted molar refractivity (Wildman–Crippen MR) is 323 cm³/mol. The van der Waals surface area contributed by atoms with Crippen LogP contribution >= 0.6 is 0 Å². The average molecular weight is 997 g/mol. The van der Waals surface area contributed by atoms with Gasteiger partial charge in [-0.05, 0) is 114 Å². The van der Waals surface area contributed by atoms with Crippen molar-refractivity contribution in [1.29, 1.82) is 10.5 Å². The summed E-state index contributed by atoms with van der Waals surface area (Å²) in [6.07, 6.45) is 1.33. The highest BCUT2D eigenvalue weighted by Crippen LogP contribution is 2.52. The molecule has 4 aromatic heterocycles. The van der Waals surface area contributed by atoms with E-state index in [9.17, 15) is 10.5 Å². The van der Waals surface area contributed by atoms with Crippen LogP contribution in [0.1, 0.15) is 36.1 Å². The van der Waals surface area contributed by atoms with Gasteiger partial charge in [-0.25, -0.2) is 0 Å². The standard InChI is InChI=1S/C72H48N6/c1-3-51-65(47-35-31-45(43-73)32-36-47)69(77-59-27-15-11-23-53(59)55-39-41-63-67(71(55)77)57-25-13-17-29-61(57)75(63)49-19-7-5-8-20-49)52(4-2)70(66(51)48-37-33-46(44-74)34-38-48)78-60-28-16-12-24-54(60)56-40-42-64-68(72(56)78)58-26-14-18-30-62(58)76(64)50-21-9-6-10-22-50/h5-42H,3-4H2,1-2H3. The first kappa shape index (κ1) is 45.0. The van der Waals surface area contributed by atoms with Gasteiger partial charge in [0.05, 0.1) is 78.8 Å². The Labute approximate surface area is 450 Å². The van der Waals surface area contributed by atoms with Crippen LogP contribution in [0.4, 0.5) is 0 Å². The van der Waals surface area contributed by atoms with E-state index in [-0.39, 0.29) is 0 Å². The van der Waals surface area contributed by atoms with Crippen molar-refractivity contribution >= 4 is 87.2 Å². The molecule has 0 N–H and O–H groups in total. The van der Waals surface area contributed by atoms with Crippen LogP contribution in [0.3, 0.4) is 0 Å². The summed E-state index contributed by atoms with van der Waals surface area (Å²) in [7, 11) is 0. The van der Waals surface area contributed by atoms with Crippen molar-refractivity contribution in [3.63, 3.8) is 0 Å².